The fourth-order valence-electron chi connectivity index (χ4n) is 1.87. The third-order valence-corrected chi connectivity index (χ3v) is 3.19. The molecule has 1 aromatic heterocycles. The van der Waals surface area contributed by atoms with Gasteiger partial charge in [0.1, 0.15) is 0 Å². The molecule has 2 aromatic rings. The lowest BCUT2D eigenvalue weighted by molar-refractivity contribution is 0.334. The first-order chi connectivity index (χ1) is 8.61. The Hall–Kier alpha value is -1.39. The van der Waals surface area contributed by atoms with Gasteiger partial charge in [-0.25, -0.2) is 0 Å². The Labute approximate surface area is 111 Å². The van der Waals surface area contributed by atoms with E-state index in [9.17, 15) is 0 Å². The third-order valence-electron chi connectivity index (χ3n) is 2.94. The molecule has 96 valence electrons. The van der Waals surface area contributed by atoms with E-state index in [0.29, 0.717) is 16.7 Å². The summed E-state index contributed by atoms with van der Waals surface area (Å²) in [7, 11) is 0. The predicted octanol–water partition coefficient (Wildman–Crippen LogP) is 3.23. The van der Waals surface area contributed by atoms with E-state index >= 15 is 0 Å². The number of hydrogen-bond donors (Lipinski definition) is 1. The molecule has 1 heterocycles. The highest BCUT2D eigenvalue weighted by Crippen LogP contribution is 2.24. The molecule has 0 saturated carbocycles. The zero-order chi connectivity index (χ0) is 13.1. The van der Waals surface area contributed by atoms with Crippen LogP contribution in [0.3, 0.4) is 0 Å². The zero-order valence-electron chi connectivity index (χ0n) is 10.4. The van der Waals surface area contributed by atoms with Crippen molar-refractivity contribution in [2.24, 2.45) is 5.73 Å². The number of benzene rings is 1. The fourth-order valence-corrected chi connectivity index (χ4v) is 2.00. The molecule has 4 nitrogen and oxygen atoms in total. The molecular formula is C13H16ClN3O. The average Bonchev–Trinajstić information content (AvgIpc) is 2.80. The average molecular weight is 266 g/mol. The van der Waals surface area contributed by atoms with E-state index in [4.69, 9.17) is 21.9 Å². The van der Waals surface area contributed by atoms with Crippen LogP contribution in [0.1, 0.15) is 32.1 Å². The Kier molecular flexibility index (Phi) is 3.99. The maximum atomic E-state index is 5.90. The molecule has 0 spiro atoms. The van der Waals surface area contributed by atoms with Crippen LogP contribution < -0.4 is 5.73 Å². The number of hydrogen-bond acceptors (Lipinski definition) is 4. The van der Waals surface area contributed by atoms with Gasteiger partial charge in [-0.15, -0.1) is 0 Å². The van der Waals surface area contributed by atoms with Crippen LogP contribution in [0.2, 0.25) is 5.02 Å². The molecule has 0 fully saturated rings. The van der Waals surface area contributed by atoms with E-state index in [2.05, 4.69) is 17.1 Å². The van der Waals surface area contributed by atoms with Gasteiger partial charge in [-0.3, -0.25) is 0 Å². The van der Waals surface area contributed by atoms with Gasteiger partial charge in [0, 0.05) is 16.6 Å². The SMILES string of the molecule is CCC(c1nc(-c2ccc(Cl)cc2)no1)C(C)N. The molecule has 2 unspecified atom stereocenters. The molecule has 2 N–H and O–H groups in total. The fraction of sp³-hybridized carbons (Fsp3) is 0.385. The van der Waals surface area contributed by atoms with Crippen molar-refractivity contribution in [2.45, 2.75) is 32.2 Å². The molecule has 0 saturated heterocycles. The van der Waals surface area contributed by atoms with Crippen molar-refractivity contribution in [3.8, 4) is 11.4 Å². The molecule has 0 aliphatic heterocycles. The molecule has 0 radical (unpaired) electrons. The standard InChI is InChI=1S/C13H16ClN3O/c1-3-11(8(2)15)13-16-12(17-18-13)9-4-6-10(14)7-5-9/h4-8,11H,3,15H2,1-2H3. The van der Waals surface area contributed by atoms with Crippen LogP contribution in [0.4, 0.5) is 0 Å². The molecule has 0 aliphatic rings. The van der Waals surface area contributed by atoms with Crippen LogP contribution in [0.5, 0.6) is 0 Å². The highest BCUT2D eigenvalue weighted by Gasteiger charge is 2.21. The second-order valence-electron chi connectivity index (χ2n) is 4.34. The predicted molar refractivity (Wildman–Crippen MR) is 71.4 cm³/mol. The van der Waals surface area contributed by atoms with Gasteiger partial charge in [0.15, 0.2) is 0 Å². The number of aromatic nitrogens is 2. The maximum absolute atomic E-state index is 5.90. The lowest BCUT2D eigenvalue weighted by Crippen LogP contribution is -2.24. The van der Waals surface area contributed by atoms with Gasteiger partial charge in [0.2, 0.25) is 11.7 Å². The lowest BCUT2D eigenvalue weighted by Gasteiger charge is -2.13. The number of nitrogens with two attached hydrogens (primary N) is 1. The molecule has 0 amide bonds. The van der Waals surface area contributed by atoms with Gasteiger partial charge in [0.05, 0.1) is 5.92 Å². The van der Waals surface area contributed by atoms with E-state index < -0.39 is 0 Å². The van der Waals surface area contributed by atoms with Gasteiger partial charge in [-0.05, 0) is 37.6 Å². The van der Waals surface area contributed by atoms with Crippen molar-refractivity contribution in [3.05, 3.63) is 35.2 Å². The third kappa shape index (κ3) is 2.71. The van der Waals surface area contributed by atoms with E-state index in [1.54, 1.807) is 12.1 Å². The van der Waals surface area contributed by atoms with Crippen molar-refractivity contribution < 1.29 is 4.52 Å². The molecular weight excluding hydrogens is 250 g/mol. The van der Waals surface area contributed by atoms with Gasteiger partial charge in [-0.1, -0.05) is 23.7 Å². The summed E-state index contributed by atoms with van der Waals surface area (Å²) in [5.41, 5.74) is 6.79. The maximum Gasteiger partial charge on any atom is 0.231 e. The van der Waals surface area contributed by atoms with Gasteiger partial charge < -0.3 is 10.3 Å². The van der Waals surface area contributed by atoms with Gasteiger partial charge >= 0.3 is 0 Å². The minimum Gasteiger partial charge on any atom is -0.339 e. The highest BCUT2D eigenvalue weighted by molar-refractivity contribution is 6.30. The van der Waals surface area contributed by atoms with E-state index in [1.165, 1.54) is 0 Å². The smallest absolute Gasteiger partial charge is 0.231 e. The Morgan fingerprint density at radius 1 is 1.33 bits per heavy atom. The van der Waals surface area contributed by atoms with Gasteiger partial charge in [0.25, 0.3) is 0 Å². The van der Waals surface area contributed by atoms with Gasteiger partial charge in [-0.2, -0.15) is 4.98 Å². The summed E-state index contributed by atoms with van der Waals surface area (Å²) in [5, 5.41) is 4.67. The van der Waals surface area contributed by atoms with Crippen LogP contribution in [-0.4, -0.2) is 16.2 Å². The van der Waals surface area contributed by atoms with Crippen LogP contribution in [0.25, 0.3) is 11.4 Å². The van der Waals surface area contributed by atoms with E-state index in [1.807, 2.05) is 19.1 Å². The Morgan fingerprint density at radius 3 is 2.56 bits per heavy atom. The quantitative estimate of drug-likeness (QED) is 0.922. The van der Waals surface area contributed by atoms with Crippen molar-refractivity contribution in [1.29, 1.82) is 0 Å². The Balaban J connectivity index is 2.27. The molecule has 18 heavy (non-hydrogen) atoms. The zero-order valence-corrected chi connectivity index (χ0v) is 11.2. The summed E-state index contributed by atoms with van der Waals surface area (Å²) in [6.07, 6.45) is 0.875. The Bertz CT molecular complexity index is 507. The van der Waals surface area contributed by atoms with Crippen molar-refractivity contribution in [1.82, 2.24) is 10.1 Å². The van der Waals surface area contributed by atoms with Crippen LogP contribution in [0.15, 0.2) is 28.8 Å². The normalized spacial score (nSPS) is 14.4. The first kappa shape index (κ1) is 13.1. The minimum atomic E-state index is -0.00600. The lowest BCUT2D eigenvalue weighted by atomic mass is 9.99. The van der Waals surface area contributed by atoms with E-state index in [-0.39, 0.29) is 12.0 Å². The van der Waals surface area contributed by atoms with Crippen molar-refractivity contribution in [2.75, 3.05) is 0 Å². The van der Waals surface area contributed by atoms with E-state index in [0.717, 1.165) is 12.0 Å². The summed E-state index contributed by atoms with van der Waals surface area (Å²) in [6.45, 7) is 4.00. The van der Waals surface area contributed by atoms with Crippen LogP contribution >= 0.6 is 11.6 Å². The topological polar surface area (TPSA) is 64.9 Å². The first-order valence-corrected chi connectivity index (χ1v) is 6.34. The number of rotatable bonds is 4. The number of nitrogens with zero attached hydrogens (tertiary/aromatic N) is 2. The van der Waals surface area contributed by atoms with Crippen LogP contribution in [-0.2, 0) is 0 Å². The van der Waals surface area contributed by atoms with Crippen molar-refractivity contribution in [3.63, 3.8) is 0 Å². The second kappa shape index (κ2) is 5.50. The van der Waals surface area contributed by atoms with Crippen molar-refractivity contribution >= 4 is 11.6 Å². The molecule has 2 rings (SSSR count). The molecule has 2 atom stereocenters. The number of halogens is 1. The summed E-state index contributed by atoms with van der Waals surface area (Å²) in [6, 6.07) is 7.33. The Morgan fingerprint density at radius 2 is 2.00 bits per heavy atom. The highest BCUT2D eigenvalue weighted by atomic mass is 35.5. The monoisotopic (exact) mass is 265 g/mol. The summed E-state index contributed by atoms with van der Waals surface area (Å²) in [4.78, 5) is 4.40. The van der Waals surface area contributed by atoms with Crippen LogP contribution in [0, 0.1) is 0 Å². The molecule has 5 heteroatoms. The second-order valence-corrected chi connectivity index (χ2v) is 4.77. The first-order valence-electron chi connectivity index (χ1n) is 5.97. The minimum absolute atomic E-state index is 0.00600. The summed E-state index contributed by atoms with van der Waals surface area (Å²) >= 11 is 5.84. The molecule has 0 bridgehead atoms. The largest absolute Gasteiger partial charge is 0.339 e. The summed E-state index contributed by atoms with van der Waals surface area (Å²) in [5.74, 6) is 1.26. The molecule has 0 aliphatic carbocycles. The molecule has 1 aromatic carbocycles. The summed E-state index contributed by atoms with van der Waals surface area (Å²) < 4.78 is 5.29.